The molecule has 4 rings (SSSR count). The zero-order valence-electron chi connectivity index (χ0n) is 16.8. The number of fused-ring (bicyclic) bond motifs is 5. The smallest absolute Gasteiger partial charge is 0.343 e. The minimum Gasteiger partial charge on any atom is -0.490 e. The van der Waals surface area contributed by atoms with E-state index in [-0.39, 0.29) is 52.9 Å². The van der Waals surface area contributed by atoms with E-state index >= 15 is 0 Å². The lowest BCUT2D eigenvalue weighted by atomic mass is 9.85. The summed E-state index contributed by atoms with van der Waals surface area (Å²) < 4.78 is 16.1. The zero-order chi connectivity index (χ0) is 22.3. The van der Waals surface area contributed by atoms with Crippen LogP contribution in [0.25, 0.3) is 0 Å². The summed E-state index contributed by atoms with van der Waals surface area (Å²) in [5.74, 6) is -1.06. The summed E-state index contributed by atoms with van der Waals surface area (Å²) in [4.78, 5) is 37.0. The molecule has 1 saturated heterocycles. The van der Waals surface area contributed by atoms with E-state index in [1.165, 1.54) is 13.3 Å². The van der Waals surface area contributed by atoms with E-state index in [4.69, 9.17) is 21.1 Å². The Kier molecular flexibility index (Phi) is 6.07. The van der Waals surface area contributed by atoms with Crippen LogP contribution in [-0.2, 0) is 19.1 Å². The number of allylic oxidation sites excluding steroid dienone is 2. The Morgan fingerprint density at radius 3 is 2.48 bits per heavy atom. The predicted octanol–water partition coefficient (Wildman–Crippen LogP) is 3.19. The summed E-state index contributed by atoms with van der Waals surface area (Å²) in [6.45, 7) is 1.77. The summed E-state index contributed by atoms with van der Waals surface area (Å²) in [5, 5.41) is 5.30. The molecule has 1 aliphatic heterocycles. The van der Waals surface area contributed by atoms with Crippen LogP contribution in [-0.4, -0.2) is 49.3 Å². The van der Waals surface area contributed by atoms with Gasteiger partial charge in [0.05, 0.1) is 31.8 Å². The van der Waals surface area contributed by atoms with Crippen molar-refractivity contribution in [1.29, 1.82) is 0 Å². The molecule has 1 saturated carbocycles. The van der Waals surface area contributed by atoms with Crippen molar-refractivity contribution >= 4 is 51.5 Å². The van der Waals surface area contributed by atoms with E-state index in [1.54, 1.807) is 13.0 Å². The molecular formula is C21H20BrClN2O6. The number of methoxy groups -OCH3 is 1. The fourth-order valence-electron chi connectivity index (χ4n) is 4.41. The van der Waals surface area contributed by atoms with Crippen molar-refractivity contribution in [3.05, 3.63) is 33.3 Å². The number of amides is 2. The number of hydrogen-bond donors (Lipinski definition) is 0. The Morgan fingerprint density at radius 1 is 1.26 bits per heavy atom. The van der Waals surface area contributed by atoms with E-state index in [0.29, 0.717) is 22.4 Å². The highest BCUT2D eigenvalue weighted by atomic mass is 79.9. The number of hydrazone groups is 1. The standard InChI is InChI=1S/C21H20BrClN2O6/c1-3-30-13-7-12(17(22)18(23)19(13)31-9-14(26)29-2)8-24-25-20(27)15-10-4-5-11(6-10)16(15)21(25)28/h4-5,7-8,10-11,15-16H,3,6,9H2,1-2H3/t10-,11-,15-,16+/m0/s1. The SMILES string of the molecule is CCOc1cc(C=NN2C(=O)[C@@H]3[C@H](C2=O)[C@H]2C=C[C@H]3C2)c(Br)c(Cl)c1OCC(=O)OC. The molecule has 4 atom stereocenters. The van der Waals surface area contributed by atoms with Crippen molar-refractivity contribution in [3.63, 3.8) is 0 Å². The maximum atomic E-state index is 12.8. The van der Waals surface area contributed by atoms with Crippen molar-refractivity contribution in [2.45, 2.75) is 13.3 Å². The van der Waals surface area contributed by atoms with Crippen molar-refractivity contribution in [1.82, 2.24) is 5.01 Å². The summed E-state index contributed by atoms with van der Waals surface area (Å²) in [5.41, 5.74) is 0.484. The first-order chi connectivity index (χ1) is 14.9. The van der Waals surface area contributed by atoms with E-state index in [1.807, 2.05) is 12.2 Å². The number of carbonyl (C=O) groups is 3. The third-order valence-electron chi connectivity index (χ3n) is 5.78. The Hall–Kier alpha value is -2.39. The number of imide groups is 1. The van der Waals surface area contributed by atoms with E-state index in [2.05, 4.69) is 25.8 Å². The van der Waals surface area contributed by atoms with Gasteiger partial charge in [0.25, 0.3) is 11.8 Å². The van der Waals surface area contributed by atoms with Gasteiger partial charge in [0.2, 0.25) is 0 Å². The number of nitrogens with zero attached hydrogens (tertiary/aromatic N) is 2. The first-order valence-corrected chi connectivity index (χ1v) is 11.0. The van der Waals surface area contributed by atoms with Crippen molar-refractivity contribution in [2.24, 2.45) is 28.8 Å². The first kappa shape index (κ1) is 21.8. The molecule has 2 fully saturated rings. The number of hydrogen-bond acceptors (Lipinski definition) is 7. The molecule has 1 aromatic rings. The van der Waals surface area contributed by atoms with Crippen molar-refractivity contribution in [3.8, 4) is 11.5 Å². The average molecular weight is 512 g/mol. The molecule has 1 aromatic carbocycles. The lowest BCUT2D eigenvalue weighted by Gasteiger charge is -2.16. The maximum absolute atomic E-state index is 12.8. The molecule has 0 N–H and O–H groups in total. The van der Waals surface area contributed by atoms with Crippen molar-refractivity contribution < 1.29 is 28.6 Å². The summed E-state index contributed by atoms with van der Waals surface area (Å²) in [7, 11) is 1.25. The van der Waals surface area contributed by atoms with Crippen LogP contribution in [0.1, 0.15) is 18.9 Å². The van der Waals surface area contributed by atoms with Crippen LogP contribution >= 0.6 is 27.5 Å². The lowest BCUT2D eigenvalue weighted by Crippen LogP contribution is -2.28. The quantitative estimate of drug-likeness (QED) is 0.242. The van der Waals surface area contributed by atoms with E-state index < -0.39 is 5.97 Å². The third kappa shape index (κ3) is 3.74. The Morgan fingerprint density at radius 2 is 1.90 bits per heavy atom. The molecule has 2 amide bonds. The largest absolute Gasteiger partial charge is 0.490 e. The van der Waals surface area contributed by atoms with Gasteiger partial charge in [-0.25, -0.2) is 4.79 Å². The van der Waals surface area contributed by atoms with E-state index in [0.717, 1.165) is 11.4 Å². The van der Waals surface area contributed by atoms with Crippen LogP contribution in [0.3, 0.4) is 0 Å². The zero-order valence-corrected chi connectivity index (χ0v) is 19.2. The van der Waals surface area contributed by atoms with Crippen LogP contribution < -0.4 is 9.47 Å². The molecule has 0 aromatic heterocycles. The van der Waals surface area contributed by atoms with Gasteiger partial charge in [0, 0.05) is 10.0 Å². The highest BCUT2D eigenvalue weighted by molar-refractivity contribution is 9.10. The minimum atomic E-state index is -0.569. The number of rotatable bonds is 7. The molecule has 0 spiro atoms. The maximum Gasteiger partial charge on any atom is 0.343 e. The molecule has 0 unspecified atom stereocenters. The predicted molar refractivity (Wildman–Crippen MR) is 115 cm³/mol. The van der Waals surface area contributed by atoms with Gasteiger partial charge in [-0.05, 0) is 47.2 Å². The fraction of sp³-hybridized carbons (Fsp3) is 0.429. The van der Waals surface area contributed by atoms with Gasteiger partial charge in [-0.2, -0.15) is 10.1 Å². The van der Waals surface area contributed by atoms with Gasteiger partial charge in [-0.1, -0.05) is 23.8 Å². The van der Waals surface area contributed by atoms with Crippen LogP contribution in [0.4, 0.5) is 0 Å². The number of ether oxygens (including phenoxy) is 3. The molecule has 10 heteroatoms. The number of esters is 1. The third-order valence-corrected chi connectivity index (χ3v) is 7.22. The highest BCUT2D eigenvalue weighted by Gasteiger charge is 2.59. The summed E-state index contributed by atoms with van der Waals surface area (Å²) in [6, 6.07) is 1.60. The molecule has 31 heavy (non-hydrogen) atoms. The topological polar surface area (TPSA) is 94.5 Å². The molecule has 8 nitrogen and oxygen atoms in total. The van der Waals surface area contributed by atoms with Crippen LogP contribution in [0.15, 0.2) is 27.8 Å². The van der Waals surface area contributed by atoms with Crippen LogP contribution in [0.5, 0.6) is 11.5 Å². The second-order valence-corrected chi connectivity index (χ2v) is 8.62. The molecule has 1 heterocycles. The number of carbonyl (C=O) groups excluding carboxylic acids is 3. The number of benzene rings is 1. The van der Waals surface area contributed by atoms with Gasteiger partial charge in [0.15, 0.2) is 18.1 Å². The second-order valence-electron chi connectivity index (χ2n) is 7.45. The normalized spacial score (nSPS) is 26.1. The van der Waals surface area contributed by atoms with Gasteiger partial charge in [-0.3, -0.25) is 9.59 Å². The minimum absolute atomic E-state index is 0.114. The number of halogens is 2. The molecule has 2 bridgehead atoms. The molecule has 164 valence electrons. The molecule has 3 aliphatic rings. The first-order valence-electron chi connectivity index (χ1n) is 9.81. The second kappa shape index (κ2) is 8.63. The molecule has 0 radical (unpaired) electrons. The van der Waals surface area contributed by atoms with E-state index in [9.17, 15) is 14.4 Å². The Labute approximate surface area is 192 Å². The average Bonchev–Trinajstić information content (AvgIpc) is 3.44. The van der Waals surface area contributed by atoms with Gasteiger partial charge < -0.3 is 14.2 Å². The fourth-order valence-corrected chi connectivity index (χ4v) is 5.06. The van der Waals surface area contributed by atoms with Gasteiger partial charge in [0.1, 0.15) is 5.02 Å². The van der Waals surface area contributed by atoms with Crippen molar-refractivity contribution in [2.75, 3.05) is 20.3 Å². The van der Waals surface area contributed by atoms with Gasteiger partial charge >= 0.3 is 5.97 Å². The van der Waals surface area contributed by atoms with Crippen LogP contribution in [0, 0.1) is 23.7 Å². The molecular weight excluding hydrogens is 492 g/mol. The lowest BCUT2D eigenvalue weighted by molar-refractivity contribution is -0.143. The van der Waals surface area contributed by atoms with Crippen LogP contribution in [0.2, 0.25) is 5.02 Å². The van der Waals surface area contributed by atoms with Gasteiger partial charge in [-0.15, -0.1) is 0 Å². The summed E-state index contributed by atoms with van der Waals surface area (Å²) >= 11 is 9.81. The monoisotopic (exact) mass is 510 g/mol. The Bertz CT molecular complexity index is 980. The highest BCUT2D eigenvalue weighted by Crippen LogP contribution is 2.52. The molecule has 2 aliphatic carbocycles. The summed E-state index contributed by atoms with van der Waals surface area (Å²) in [6.07, 6.45) is 6.30. The Balaban J connectivity index is 1.60.